The van der Waals surface area contributed by atoms with Crippen LogP contribution in [0, 0.1) is 0 Å². The van der Waals surface area contributed by atoms with Gasteiger partial charge in [-0.2, -0.15) is 0 Å². The molecule has 1 heterocycles. The van der Waals surface area contributed by atoms with E-state index in [0.717, 1.165) is 27.6 Å². The van der Waals surface area contributed by atoms with Crippen molar-refractivity contribution in [1.29, 1.82) is 0 Å². The van der Waals surface area contributed by atoms with E-state index in [0.29, 0.717) is 0 Å². The van der Waals surface area contributed by atoms with Gasteiger partial charge in [-0.3, -0.25) is 0 Å². The largest absolute Gasteiger partial charge is 0.356 e. The zero-order valence-corrected chi connectivity index (χ0v) is 11.3. The first-order valence-corrected chi connectivity index (χ1v) is 6.69. The average Bonchev–Trinajstić information content (AvgIpc) is 2.76. The molecule has 0 amide bonds. The van der Waals surface area contributed by atoms with Crippen LogP contribution in [0.4, 0.5) is 5.13 Å². The summed E-state index contributed by atoms with van der Waals surface area (Å²) < 4.78 is 1.10. The zero-order valence-electron chi connectivity index (χ0n) is 8.90. The molecule has 1 aromatic carbocycles. The maximum Gasteiger partial charge on any atom is 0.205 e. The van der Waals surface area contributed by atoms with Gasteiger partial charge in [-0.1, -0.05) is 46.3 Å². The zero-order chi connectivity index (χ0) is 11.4. The summed E-state index contributed by atoms with van der Waals surface area (Å²) in [4.78, 5) is 0. The van der Waals surface area contributed by atoms with Crippen molar-refractivity contribution < 1.29 is 0 Å². The lowest BCUT2D eigenvalue weighted by molar-refractivity contribution is 0.975. The summed E-state index contributed by atoms with van der Waals surface area (Å²) in [5.41, 5.74) is 1.23. The van der Waals surface area contributed by atoms with Gasteiger partial charge in [0.15, 0.2) is 0 Å². The summed E-state index contributed by atoms with van der Waals surface area (Å²) in [5.74, 6) is 0. The van der Waals surface area contributed by atoms with E-state index in [4.69, 9.17) is 0 Å². The van der Waals surface area contributed by atoms with E-state index < -0.39 is 0 Å². The lowest BCUT2D eigenvalue weighted by Crippen LogP contribution is -1.98. The molecule has 2 rings (SSSR count). The van der Waals surface area contributed by atoms with Crippen molar-refractivity contribution in [1.82, 2.24) is 10.2 Å². The standard InChI is InChI=1S/C11H12BrN3S/c1-2-10-14-15-11(16-10)13-7-8-3-5-9(12)6-4-8/h3-6H,2,7H2,1H3,(H,13,15). The third-order valence-electron chi connectivity index (χ3n) is 2.13. The van der Waals surface area contributed by atoms with Gasteiger partial charge in [0, 0.05) is 11.0 Å². The Kier molecular flexibility index (Phi) is 3.90. The summed E-state index contributed by atoms with van der Waals surface area (Å²) in [6, 6.07) is 8.24. The maximum atomic E-state index is 4.07. The van der Waals surface area contributed by atoms with Crippen LogP contribution in [0.2, 0.25) is 0 Å². The number of nitrogens with one attached hydrogen (secondary N) is 1. The van der Waals surface area contributed by atoms with Gasteiger partial charge in [0.25, 0.3) is 0 Å². The van der Waals surface area contributed by atoms with Crippen LogP contribution in [-0.2, 0) is 13.0 Å². The number of nitrogens with zero attached hydrogens (tertiary/aromatic N) is 2. The third kappa shape index (κ3) is 3.02. The van der Waals surface area contributed by atoms with Crippen LogP contribution in [0.25, 0.3) is 0 Å². The average molecular weight is 298 g/mol. The molecule has 0 radical (unpaired) electrons. The highest BCUT2D eigenvalue weighted by molar-refractivity contribution is 9.10. The highest BCUT2D eigenvalue weighted by atomic mass is 79.9. The van der Waals surface area contributed by atoms with Crippen LogP contribution in [-0.4, -0.2) is 10.2 Å². The van der Waals surface area contributed by atoms with Crippen LogP contribution in [0.1, 0.15) is 17.5 Å². The molecule has 1 N–H and O–H groups in total. The van der Waals surface area contributed by atoms with E-state index >= 15 is 0 Å². The minimum atomic E-state index is 0.783. The van der Waals surface area contributed by atoms with Crippen molar-refractivity contribution in [3.8, 4) is 0 Å². The Morgan fingerprint density at radius 2 is 2.00 bits per heavy atom. The second kappa shape index (κ2) is 5.41. The fraction of sp³-hybridized carbons (Fsp3) is 0.273. The quantitative estimate of drug-likeness (QED) is 0.939. The molecule has 0 bridgehead atoms. The number of anilines is 1. The van der Waals surface area contributed by atoms with Crippen LogP contribution < -0.4 is 5.32 Å². The van der Waals surface area contributed by atoms with Gasteiger partial charge in [-0.15, -0.1) is 10.2 Å². The topological polar surface area (TPSA) is 37.8 Å². The van der Waals surface area contributed by atoms with Gasteiger partial charge in [0.1, 0.15) is 5.01 Å². The Labute approximate surface area is 107 Å². The number of benzene rings is 1. The molecule has 5 heteroatoms. The van der Waals surface area contributed by atoms with Crippen molar-refractivity contribution in [3.63, 3.8) is 0 Å². The van der Waals surface area contributed by atoms with E-state index in [1.807, 2.05) is 12.1 Å². The molecule has 0 unspecified atom stereocenters. The van der Waals surface area contributed by atoms with E-state index in [2.05, 4.69) is 50.5 Å². The van der Waals surface area contributed by atoms with Crippen LogP contribution in [0.5, 0.6) is 0 Å². The number of halogens is 1. The molecule has 0 saturated carbocycles. The molecular formula is C11H12BrN3S. The fourth-order valence-corrected chi connectivity index (χ4v) is 2.19. The van der Waals surface area contributed by atoms with Crippen molar-refractivity contribution in [2.24, 2.45) is 0 Å². The fourth-order valence-electron chi connectivity index (χ4n) is 1.25. The van der Waals surface area contributed by atoms with Gasteiger partial charge in [-0.25, -0.2) is 0 Å². The number of hydrogen-bond donors (Lipinski definition) is 1. The second-order valence-electron chi connectivity index (χ2n) is 3.33. The molecule has 16 heavy (non-hydrogen) atoms. The normalized spacial score (nSPS) is 10.4. The Morgan fingerprint density at radius 3 is 2.62 bits per heavy atom. The van der Waals surface area contributed by atoms with Gasteiger partial charge >= 0.3 is 0 Å². The number of hydrogen-bond acceptors (Lipinski definition) is 4. The first kappa shape index (κ1) is 11.5. The summed E-state index contributed by atoms with van der Waals surface area (Å²) in [6.07, 6.45) is 0.942. The molecule has 0 aliphatic carbocycles. The van der Waals surface area contributed by atoms with E-state index in [9.17, 15) is 0 Å². The van der Waals surface area contributed by atoms with Gasteiger partial charge in [0.2, 0.25) is 5.13 Å². The lowest BCUT2D eigenvalue weighted by Gasteiger charge is -2.01. The van der Waals surface area contributed by atoms with Gasteiger partial charge in [0.05, 0.1) is 0 Å². The predicted octanol–water partition coefficient (Wildman–Crippen LogP) is 3.48. The van der Waals surface area contributed by atoms with Crippen molar-refractivity contribution >= 4 is 32.4 Å². The molecule has 0 atom stereocenters. The Hall–Kier alpha value is -0.940. The second-order valence-corrected chi connectivity index (χ2v) is 5.31. The Morgan fingerprint density at radius 1 is 1.25 bits per heavy atom. The molecule has 0 spiro atoms. The Balaban J connectivity index is 1.94. The minimum Gasteiger partial charge on any atom is -0.356 e. The molecule has 3 nitrogen and oxygen atoms in total. The first-order chi connectivity index (χ1) is 7.78. The number of rotatable bonds is 4. The first-order valence-electron chi connectivity index (χ1n) is 5.08. The summed E-state index contributed by atoms with van der Waals surface area (Å²) in [6.45, 7) is 2.87. The van der Waals surface area contributed by atoms with E-state index in [1.165, 1.54) is 5.56 Å². The van der Waals surface area contributed by atoms with Gasteiger partial charge < -0.3 is 5.32 Å². The van der Waals surface area contributed by atoms with Crippen molar-refractivity contribution in [2.45, 2.75) is 19.9 Å². The summed E-state index contributed by atoms with van der Waals surface area (Å²) in [7, 11) is 0. The van der Waals surface area contributed by atoms with E-state index in [-0.39, 0.29) is 0 Å². The predicted molar refractivity (Wildman–Crippen MR) is 70.8 cm³/mol. The lowest BCUT2D eigenvalue weighted by atomic mass is 10.2. The third-order valence-corrected chi connectivity index (χ3v) is 3.68. The molecule has 84 valence electrons. The Bertz CT molecular complexity index is 453. The molecule has 0 saturated heterocycles. The molecule has 0 aliphatic rings. The number of aromatic nitrogens is 2. The van der Waals surface area contributed by atoms with Gasteiger partial charge in [-0.05, 0) is 24.1 Å². The maximum absolute atomic E-state index is 4.07. The summed E-state index contributed by atoms with van der Waals surface area (Å²) >= 11 is 5.03. The van der Waals surface area contributed by atoms with Crippen molar-refractivity contribution in [2.75, 3.05) is 5.32 Å². The van der Waals surface area contributed by atoms with E-state index in [1.54, 1.807) is 11.3 Å². The highest BCUT2D eigenvalue weighted by Crippen LogP contribution is 2.17. The van der Waals surface area contributed by atoms with Crippen LogP contribution in [0.3, 0.4) is 0 Å². The SMILES string of the molecule is CCc1nnc(NCc2ccc(Br)cc2)s1. The van der Waals surface area contributed by atoms with Crippen molar-refractivity contribution in [3.05, 3.63) is 39.3 Å². The molecule has 0 aliphatic heterocycles. The highest BCUT2D eigenvalue weighted by Gasteiger charge is 2.01. The van der Waals surface area contributed by atoms with Crippen LogP contribution >= 0.6 is 27.3 Å². The molecule has 1 aromatic heterocycles. The minimum absolute atomic E-state index is 0.783. The molecular weight excluding hydrogens is 286 g/mol. The monoisotopic (exact) mass is 297 g/mol. The molecule has 0 fully saturated rings. The van der Waals surface area contributed by atoms with Crippen LogP contribution in [0.15, 0.2) is 28.7 Å². The summed E-state index contributed by atoms with van der Waals surface area (Å²) in [5, 5.41) is 13.3. The number of aryl methyl sites for hydroxylation is 1. The smallest absolute Gasteiger partial charge is 0.205 e. The molecule has 2 aromatic rings.